The van der Waals surface area contributed by atoms with Crippen LogP contribution in [-0.2, 0) is 7.05 Å². The molecule has 1 amide bonds. The van der Waals surface area contributed by atoms with Crippen molar-refractivity contribution < 1.29 is 4.79 Å². The first kappa shape index (κ1) is 21.8. The van der Waals surface area contributed by atoms with Crippen molar-refractivity contribution in [3.63, 3.8) is 0 Å². The summed E-state index contributed by atoms with van der Waals surface area (Å²) >= 11 is 0. The lowest BCUT2D eigenvalue weighted by molar-refractivity contribution is 0.0706. The number of hydrogen-bond acceptors (Lipinski definition) is 6. The molecule has 1 saturated heterocycles. The van der Waals surface area contributed by atoms with E-state index >= 15 is 0 Å². The third-order valence-electron chi connectivity index (χ3n) is 6.03. The molecule has 0 aliphatic carbocycles. The number of piperidine rings is 1. The summed E-state index contributed by atoms with van der Waals surface area (Å²) in [5, 5.41) is 7.61. The van der Waals surface area contributed by atoms with E-state index in [1.807, 2.05) is 73.6 Å². The number of amides is 1. The number of anilines is 2. The SMILES string of the molecule is Cc1ccnc(Nc2cc(C3CCCN(C(=O)c4ccccc4)C3)nc(-c3cnn(C)c3)n2)c1. The number of nitrogens with one attached hydrogen (secondary N) is 1. The molecule has 0 radical (unpaired) electrons. The van der Waals surface area contributed by atoms with Crippen LogP contribution in [-0.4, -0.2) is 48.6 Å². The summed E-state index contributed by atoms with van der Waals surface area (Å²) in [5.41, 5.74) is 3.59. The molecule has 0 spiro atoms. The van der Waals surface area contributed by atoms with Crippen LogP contribution in [0.4, 0.5) is 11.6 Å². The second-order valence-electron chi connectivity index (χ2n) is 8.70. The highest BCUT2D eigenvalue weighted by atomic mass is 16.2. The number of rotatable bonds is 5. The molecule has 1 aliphatic heterocycles. The number of carbonyl (C=O) groups excluding carboxylic acids is 1. The van der Waals surface area contributed by atoms with Crippen LogP contribution < -0.4 is 5.32 Å². The van der Waals surface area contributed by atoms with Crippen LogP contribution in [0.1, 0.15) is 40.4 Å². The summed E-state index contributed by atoms with van der Waals surface area (Å²) < 4.78 is 1.74. The van der Waals surface area contributed by atoms with Gasteiger partial charge in [0.05, 0.1) is 17.5 Å². The Morgan fingerprint density at radius 3 is 2.71 bits per heavy atom. The summed E-state index contributed by atoms with van der Waals surface area (Å²) in [6.07, 6.45) is 7.33. The van der Waals surface area contributed by atoms with Crippen LogP contribution in [0.15, 0.2) is 67.1 Å². The van der Waals surface area contributed by atoms with E-state index < -0.39 is 0 Å². The number of carbonyl (C=O) groups is 1. The van der Waals surface area contributed by atoms with Crippen LogP contribution in [0.25, 0.3) is 11.4 Å². The van der Waals surface area contributed by atoms with Gasteiger partial charge in [-0.25, -0.2) is 15.0 Å². The highest BCUT2D eigenvalue weighted by Gasteiger charge is 2.27. The maximum atomic E-state index is 13.1. The van der Waals surface area contributed by atoms with Gasteiger partial charge in [0.15, 0.2) is 5.82 Å². The first-order valence-electron chi connectivity index (χ1n) is 11.5. The number of aromatic nitrogens is 5. The van der Waals surface area contributed by atoms with Crippen LogP contribution >= 0.6 is 0 Å². The molecule has 5 rings (SSSR count). The number of hydrogen-bond donors (Lipinski definition) is 1. The molecule has 1 atom stereocenters. The van der Waals surface area contributed by atoms with E-state index in [4.69, 9.17) is 9.97 Å². The van der Waals surface area contributed by atoms with Gasteiger partial charge < -0.3 is 10.2 Å². The minimum absolute atomic E-state index is 0.0640. The van der Waals surface area contributed by atoms with Gasteiger partial charge in [-0.05, 0) is 49.6 Å². The zero-order valence-corrected chi connectivity index (χ0v) is 19.3. The molecule has 4 heterocycles. The summed E-state index contributed by atoms with van der Waals surface area (Å²) in [5.74, 6) is 2.19. The van der Waals surface area contributed by atoms with E-state index in [1.54, 1.807) is 17.1 Å². The van der Waals surface area contributed by atoms with Crippen molar-refractivity contribution in [2.75, 3.05) is 18.4 Å². The Bertz CT molecular complexity index is 1300. The van der Waals surface area contributed by atoms with Gasteiger partial charge >= 0.3 is 0 Å². The monoisotopic (exact) mass is 453 g/mol. The van der Waals surface area contributed by atoms with Gasteiger partial charge in [-0.3, -0.25) is 9.48 Å². The van der Waals surface area contributed by atoms with Crippen LogP contribution in [0.3, 0.4) is 0 Å². The average Bonchev–Trinajstić information content (AvgIpc) is 3.30. The highest BCUT2D eigenvalue weighted by Crippen LogP contribution is 2.30. The van der Waals surface area contributed by atoms with Crippen molar-refractivity contribution >= 4 is 17.5 Å². The molecule has 172 valence electrons. The first-order valence-corrected chi connectivity index (χ1v) is 11.5. The standard InChI is InChI=1S/C26H27N7O/c1-18-10-11-27-23(13-18)30-24-14-22(29-25(31-24)21-15-28-32(2)16-21)20-9-6-12-33(17-20)26(34)19-7-4-3-5-8-19/h3-5,7-8,10-11,13-16,20H,6,9,12,17H2,1-2H3,(H,27,29,30,31). The van der Waals surface area contributed by atoms with Crippen molar-refractivity contribution in [1.29, 1.82) is 0 Å². The van der Waals surface area contributed by atoms with Crippen molar-refractivity contribution in [2.45, 2.75) is 25.7 Å². The number of benzene rings is 1. The lowest BCUT2D eigenvalue weighted by Crippen LogP contribution is -2.39. The predicted molar refractivity (Wildman–Crippen MR) is 131 cm³/mol. The minimum atomic E-state index is 0.0640. The molecule has 3 aromatic heterocycles. The van der Waals surface area contributed by atoms with Gasteiger partial charge in [-0.1, -0.05) is 18.2 Å². The maximum Gasteiger partial charge on any atom is 0.253 e. The molecule has 1 aromatic carbocycles. The minimum Gasteiger partial charge on any atom is -0.338 e. The fourth-order valence-electron chi connectivity index (χ4n) is 4.31. The fraction of sp³-hybridized carbons (Fsp3) is 0.269. The molecule has 1 unspecified atom stereocenters. The Morgan fingerprint density at radius 2 is 1.94 bits per heavy atom. The Balaban J connectivity index is 1.46. The Hall–Kier alpha value is -4.07. The fourth-order valence-corrected chi connectivity index (χ4v) is 4.31. The maximum absolute atomic E-state index is 13.1. The van der Waals surface area contributed by atoms with Gasteiger partial charge in [0.1, 0.15) is 11.6 Å². The number of likely N-dealkylation sites (tertiary alicyclic amines) is 1. The third-order valence-corrected chi connectivity index (χ3v) is 6.03. The zero-order chi connectivity index (χ0) is 23.5. The molecular weight excluding hydrogens is 426 g/mol. The summed E-state index contributed by atoms with van der Waals surface area (Å²) in [4.78, 5) is 29.1. The van der Waals surface area contributed by atoms with Gasteiger partial charge in [0.25, 0.3) is 5.91 Å². The molecule has 8 nitrogen and oxygen atoms in total. The Labute approximate surface area is 198 Å². The number of aryl methyl sites for hydroxylation is 2. The molecule has 1 N–H and O–H groups in total. The van der Waals surface area contributed by atoms with Crippen LogP contribution in [0.2, 0.25) is 0 Å². The number of pyridine rings is 1. The topological polar surface area (TPSA) is 88.8 Å². The molecule has 1 aliphatic rings. The van der Waals surface area contributed by atoms with Crippen molar-refractivity contribution in [3.8, 4) is 11.4 Å². The predicted octanol–water partition coefficient (Wildman–Crippen LogP) is 4.34. The lowest BCUT2D eigenvalue weighted by atomic mass is 9.93. The van der Waals surface area contributed by atoms with Gasteiger partial charge in [0.2, 0.25) is 0 Å². The Kier molecular flexibility index (Phi) is 6.03. The van der Waals surface area contributed by atoms with E-state index in [-0.39, 0.29) is 11.8 Å². The highest BCUT2D eigenvalue weighted by molar-refractivity contribution is 5.94. The Morgan fingerprint density at radius 1 is 1.09 bits per heavy atom. The summed E-state index contributed by atoms with van der Waals surface area (Å²) in [6.45, 7) is 3.40. The number of nitrogens with zero attached hydrogens (tertiary/aromatic N) is 6. The molecule has 34 heavy (non-hydrogen) atoms. The molecule has 0 bridgehead atoms. The molecule has 1 fully saturated rings. The first-order chi connectivity index (χ1) is 16.5. The van der Waals surface area contributed by atoms with Crippen LogP contribution in [0, 0.1) is 6.92 Å². The van der Waals surface area contributed by atoms with Gasteiger partial charge in [-0.15, -0.1) is 0 Å². The molecule has 0 saturated carbocycles. The van der Waals surface area contributed by atoms with E-state index in [2.05, 4.69) is 15.4 Å². The largest absolute Gasteiger partial charge is 0.338 e. The lowest BCUT2D eigenvalue weighted by Gasteiger charge is -2.32. The normalized spacial score (nSPS) is 15.8. The van der Waals surface area contributed by atoms with Crippen molar-refractivity contribution in [3.05, 3.63) is 83.9 Å². The van der Waals surface area contributed by atoms with Crippen molar-refractivity contribution in [1.82, 2.24) is 29.6 Å². The van der Waals surface area contributed by atoms with E-state index in [1.165, 1.54) is 0 Å². The molecule has 8 heteroatoms. The van der Waals surface area contributed by atoms with Gasteiger partial charge in [-0.2, -0.15) is 5.10 Å². The summed E-state index contributed by atoms with van der Waals surface area (Å²) in [7, 11) is 1.87. The summed E-state index contributed by atoms with van der Waals surface area (Å²) in [6, 6.07) is 15.4. The second kappa shape index (κ2) is 9.43. The average molecular weight is 454 g/mol. The van der Waals surface area contributed by atoms with Gasteiger partial charge in [0, 0.05) is 50.1 Å². The zero-order valence-electron chi connectivity index (χ0n) is 19.3. The quantitative estimate of drug-likeness (QED) is 0.483. The van der Waals surface area contributed by atoms with E-state index in [0.29, 0.717) is 18.2 Å². The second-order valence-corrected chi connectivity index (χ2v) is 8.70. The van der Waals surface area contributed by atoms with E-state index in [0.717, 1.165) is 47.6 Å². The third kappa shape index (κ3) is 4.80. The molecule has 4 aromatic rings. The molecular formula is C26H27N7O. The van der Waals surface area contributed by atoms with E-state index in [9.17, 15) is 4.79 Å². The smallest absolute Gasteiger partial charge is 0.253 e. The van der Waals surface area contributed by atoms with Crippen LogP contribution in [0.5, 0.6) is 0 Å². The van der Waals surface area contributed by atoms with Crippen molar-refractivity contribution in [2.24, 2.45) is 7.05 Å².